The van der Waals surface area contributed by atoms with Crippen molar-refractivity contribution in [3.8, 4) is 0 Å². The Balaban J connectivity index is 1.80. The van der Waals surface area contributed by atoms with Gasteiger partial charge in [-0.1, -0.05) is 11.8 Å². The molecule has 0 aliphatic carbocycles. The van der Waals surface area contributed by atoms with E-state index in [1.807, 2.05) is 11.8 Å². The number of aliphatic imine (C=N–C) groups is 1. The Hall–Kier alpha value is -0.220. The maximum Gasteiger partial charge on any atom is 0.156 e. The van der Waals surface area contributed by atoms with Crippen LogP contribution in [0.2, 0.25) is 0 Å². The van der Waals surface area contributed by atoms with Crippen molar-refractivity contribution < 1.29 is 4.74 Å². The van der Waals surface area contributed by atoms with E-state index < -0.39 is 0 Å². The summed E-state index contributed by atoms with van der Waals surface area (Å²) in [6.45, 7) is 2.73. The van der Waals surface area contributed by atoms with Crippen LogP contribution in [-0.2, 0) is 4.74 Å². The first-order valence-electron chi connectivity index (χ1n) is 4.47. The summed E-state index contributed by atoms with van der Waals surface area (Å²) < 4.78 is 5.27. The monoisotopic (exact) mass is 186 g/mol. The normalized spacial score (nSPS) is 30.0. The zero-order valence-electron chi connectivity index (χ0n) is 7.08. The molecule has 3 nitrogen and oxygen atoms in total. The van der Waals surface area contributed by atoms with Crippen LogP contribution >= 0.6 is 11.8 Å². The fraction of sp³-hybridized carbons (Fsp3) is 0.875. The van der Waals surface area contributed by atoms with Crippen LogP contribution in [0.4, 0.5) is 0 Å². The van der Waals surface area contributed by atoms with Crippen molar-refractivity contribution in [2.75, 3.05) is 25.5 Å². The molecule has 1 N–H and O–H groups in total. The topological polar surface area (TPSA) is 33.6 Å². The summed E-state index contributed by atoms with van der Waals surface area (Å²) in [7, 11) is 0. The molecule has 0 spiro atoms. The third-order valence-electron chi connectivity index (χ3n) is 2.05. The fourth-order valence-corrected chi connectivity index (χ4v) is 2.27. The standard InChI is InChI=1S/C8H14N2OS/c1-3-9-8(12-5-1)10-7-2-4-11-6-7/h7H,1-6H2,(H,9,10). The third-order valence-corrected chi connectivity index (χ3v) is 3.07. The number of amidine groups is 1. The Morgan fingerprint density at radius 3 is 3.25 bits per heavy atom. The summed E-state index contributed by atoms with van der Waals surface area (Å²) >= 11 is 1.83. The Morgan fingerprint density at radius 1 is 1.58 bits per heavy atom. The summed E-state index contributed by atoms with van der Waals surface area (Å²) in [5.41, 5.74) is 0. The molecule has 1 atom stereocenters. The number of nitrogens with zero attached hydrogens (tertiary/aromatic N) is 1. The minimum atomic E-state index is 0.509. The van der Waals surface area contributed by atoms with Gasteiger partial charge in [0.15, 0.2) is 5.17 Å². The Bertz CT molecular complexity index is 178. The second-order valence-corrected chi connectivity index (χ2v) is 4.18. The van der Waals surface area contributed by atoms with Crippen LogP contribution in [0.3, 0.4) is 0 Å². The fourth-order valence-electron chi connectivity index (χ4n) is 1.37. The van der Waals surface area contributed by atoms with E-state index >= 15 is 0 Å². The molecule has 0 radical (unpaired) electrons. The first-order valence-corrected chi connectivity index (χ1v) is 5.45. The van der Waals surface area contributed by atoms with E-state index in [1.54, 1.807) is 0 Å². The molecule has 0 aromatic carbocycles. The maximum atomic E-state index is 5.27. The first-order chi connectivity index (χ1) is 5.95. The van der Waals surface area contributed by atoms with Gasteiger partial charge in [0.2, 0.25) is 0 Å². The van der Waals surface area contributed by atoms with E-state index in [9.17, 15) is 0 Å². The third kappa shape index (κ3) is 2.14. The van der Waals surface area contributed by atoms with Crippen LogP contribution in [0, 0.1) is 0 Å². The van der Waals surface area contributed by atoms with Gasteiger partial charge in [-0.2, -0.15) is 0 Å². The largest absolute Gasteiger partial charge is 0.379 e. The Labute approximate surface area is 77.0 Å². The summed E-state index contributed by atoms with van der Waals surface area (Å²) in [6.07, 6.45) is 2.34. The molecule has 0 aromatic heterocycles. The zero-order chi connectivity index (χ0) is 8.23. The molecule has 68 valence electrons. The zero-order valence-corrected chi connectivity index (χ0v) is 7.90. The molecule has 0 bridgehead atoms. The number of thioether (sulfide) groups is 1. The minimum Gasteiger partial charge on any atom is -0.379 e. The van der Waals surface area contributed by atoms with E-state index in [1.165, 1.54) is 12.2 Å². The summed E-state index contributed by atoms with van der Waals surface area (Å²) in [6, 6.07) is 0.509. The van der Waals surface area contributed by atoms with Crippen molar-refractivity contribution in [2.24, 2.45) is 4.99 Å². The van der Waals surface area contributed by atoms with E-state index in [-0.39, 0.29) is 0 Å². The van der Waals surface area contributed by atoms with Gasteiger partial charge in [0.25, 0.3) is 0 Å². The van der Waals surface area contributed by atoms with E-state index in [0.29, 0.717) is 6.04 Å². The second kappa shape index (κ2) is 4.14. The molecule has 0 aromatic rings. The molecular weight excluding hydrogens is 172 g/mol. The molecule has 4 heteroatoms. The van der Waals surface area contributed by atoms with Crippen LogP contribution in [0.5, 0.6) is 0 Å². The van der Waals surface area contributed by atoms with Gasteiger partial charge in [0, 0.05) is 18.9 Å². The second-order valence-electron chi connectivity index (χ2n) is 3.09. The smallest absolute Gasteiger partial charge is 0.156 e. The molecule has 0 amide bonds. The van der Waals surface area contributed by atoms with E-state index in [0.717, 1.165) is 31.3 Å². The highest BCUT2D eigenvalue weighted by atomic mass is 32.2. The van der Waals surface area contributed by atoms with Gasteiger partial charge in [-0.15, -0.1) is 0 Å². The Morgan fingerprint density at radius 2 is 2.58 bits per heavy atom. The average Bonchev–Trinajstić information content (AvgIpc) is 2.59. The average molecular weight is 186 g/mol. The lowest BCUT2D eigenvalue weighted by atomic mass is 10.3. The van der Waals surface area contributed by atoms with Gasteiger partial charge in [-0.05, 0) is 12.8 Å². The highest BCUT2D eigenvalue weighted by Crippen LogP contribution is 2.12. The molecule has 2 aliphatic heterocycles. The summed E-state index contributed by atoms with van der Waals surface area (Å²) in [4.78, 5) is 4.41. The molecule has 1 saturated heterocycles. The van der Waals surface area contributed by atoms with Gasteiger partial charge < -0.3 is 10.1 Å². The molecule has 1 unspecified atom stereocenters. The quantitative estimate of drug-likeness (QED) is 0.659. The van der Waals surface area contributed by atoms with Crippen molar-refractivity contribution in [3.05, 3.63) is 0 Å². The maximum absolute atomic E-state index is 5.27. The summed E-state index contributed by atoms with van der Waals surface area (Å²) in [5, 5.41) is 4.53. The van der Waals surface area contributed by atoms with Crippen LogP contribution in [-0.4, -0.2) is 36.7 Å². The lowest BCUT2D eigenvalue weighted by Crippen LogP contribution is -2.34. The predicted molar refractivity (Wildman–Crippen MR) is 51.7 cm³/mol. The molecule has 12 heavy (non-hydrogen) atoms. The number of nitrogens with one attached hydrogen (secondary N) is 1. The predicted octanol–water partition coefficient (Wildman–Crippen LogP) is 0.858. The molecule has 2 rings (SSSR count). The van der Waals surface area contributed by atoms with Crippen LogP contribution in [0.15, 0.2) is 4.99 Å². The van der Waals surface area contributed by atoms with Gasteiger partial charge in [0.1, 0.15) is 0 Å². The molecular formula is C8H14N2OS. The van der Waals surface area contributed by atoms with Crippen LogP contribution in [0.1, 0.15) is 12.8 Å². The van der Waals surface area contributed by atoms with Crippen molar-refractivity contribution in [3.63, 3.8) is 0 Å². The van der Waals surface area contributed by atoms with Gasteiger partial charge >= 0.3 is 0 Å². The number of rotatable bonds is 1. The van der Waals surface area contributed by atoms with Crippen molar-refractivity contribution >= 4 is 16.9 Å². The Kier molecular flexibility index (Phi) is 2.89. The minimum absolute atomic E-state index is 0.509. The van der Waals surface area contributed by atoms with Crippen LogP contribution in [0.25, 0.3) is 0 Å². The lowest BCUT2D eigenvalue weighted by Gasteiger charge is -2.16. The highest BCUT2D eigenvalue weighted by molar-refractivity contribution is 8.13. The number of ether oxygens (including phenoxy) is 1. The molecule has 1 fully saturated rings. The molecule has 0 saturated carbocycles. The summed E-state index contributed by atoms with van der Waals surface area (Å²) in [5.74, 6) is 1.21. The van der Waals surface area contributed by atoms with Crippen LogP contribution < -0.4 is 5.32 Å². The highest BCUT2D eigenvalue weighted by Gasteiger charge is 2.17. The lowest BCUT2D eigenvalue weighted by molar-refractivity contribution is 0.192. The molecule has 2 heterocycles. The van der Waals surface area contributed by atoms with Gasteiger partial charge in [-0.3, -0.25) is 4.99 Å². The number of hydrogen-bond acceptors (Lipinski definition) is 4. The van der Waals surface area contributed by atoms with Crippen molar-refractivity contribution in [1.82, 2.24) is 5.32 Å². The van der Waals surface area contributed by atoms with E-state index in [2.05, 4.69) is 10.3 Å². The van der Waals surface area contributed by atoms with Crippen molar-refractivity contribution in [2.45, 2.75) is 18.9 Å². The van der Waals surface area contributed by atoms with Crippen molar-refractivity contribution in [1.29, 1.82) is 0 Å². The van der Waals surface area contributed by atoms with Gasteiger partial charge in [0.05, 0.1) is 12.6 Å². The molecule has 2 aliphatic rings. The van der Waals surface area contributed by atoms with E-state index in [4.69, 9.17) is 4.74 Å². The first kappa shape index (κ1) is 8.38. The SMILES string of the molecule is C1CN=C(NC2CCOC2)SC1. The number of hydrogen-bond donors (Lipinski definition) is 1. The van der Waals surface area contributed by atoms with Gasteiger partial charge in [-0.25, -0.2) is 0 Å².